The third-order valence-electron chi connectivity index (χ3n) is 2.21. The van der Waals surface area contributed by atoms with E-state index >= 15 is 0 Å². The van der Waals surface area contributed by atoms with Crippen molar-refractivity contribution in [3.8, 4) is 12.3 Å². The Balaban J connectivity index is 2.47. The van der Waals surface area contributed by atoms with Gasteiger partial charge in [0, 0.05) is 17.4 Å². The Hall–Kier alpha value is -0.980. The number of halogens is 2. The van der Waals surface area contributed by atoms with E-state index in [1.165, 1.54) is 0 Å². The van der Waals surface area contributed by atoms with Crippen molar-refractivity contribution in [2.75, 3.05) is 6.54 Å². The van der Waals surface area contributed by atoms with Crippen LogP contribution in [0.5, 0.6) is 0 Å². The second-order valence-corrected chi connectivity index (χ2v) is 4.86. The molecule has 0 aliphatic rings. The minimum absolute atomic E-state index is 0.156. The molecule has 90 valence electrons. The number of benzene rings is 1. The summed E-state index contributed by atoms with van der Waals surface area (Å²) in [5.41, 5.74) is 0.484. The third-order valence-corrected chi connectivity index (χ3v) is 3.03. The van der Waals surface area contributed by atoms with Crippen molar-refractivity contribution in [3.05, 3.63) is 33.3 Å². The number of hydrogen-bond acceptors (Lipinski definition) is 1. The highest BCUT2D eigenvalue weighted by molar-refractivity contribution is 9.10. The Bertz CT molecular complexity index is 440. The zero-order chi connectivity index (χ0) is 12.7. The second-order valence-electron chi connectivity index (χ2n) is 3.54. The lowest BCUT2D eigenvalue weighted by Crippen LogP contribution is -2.24. The van der Waals surface area contributed by atoms with Crippen LogP contribution < -0.4 is 5.32 Å². The molecule has 2 nitrogen and oxygen atoms in total. The van der Waals surface area contributed by atoms with Crippen molar-refractivity contribution in [3.63, 3.8) is 0 Å². The third kappa shape index (κ3) is 4.80. The van der Waals surface area contributed by atoms with E-state index in [2.05, 4.69) is 27.2 Å². The monoisotopic (exact) mass is 313 g/mol. The normalized spacial score (nSPS) is 9.71. The van der Waals surface area contributed by atoms with Crippen LogP contribution in [0.3, 0.4) is 0 Å². The molecule has 4 heteroatoms. The fourth-order valence-corrected chi connectivity index (χ4v) is 1.89. The Morgan fingerprint density at radius 1 is 1.47 bits per heavy atom. The zero-order valence-corrected chi connectivity index (χ0v) is 11.6. The summed E-state index contributed by atoms with van der Waals surface area (Å²) >= 11 is 9.25. The van der Waals surface area contributed by atoms with Gasteiger partial charge in [-0.05, 0) is 31.0 Å². The first kappa shape index (κ1) is 14.1. The van der Waals surface area contributed by atoms with E-state index in [1.54, 1.807) is 18.2 Å². The number of rotatable bonds is 5. The van der Waals surface area contributed by atoms with E-state index in [-0.39, 0.29) is 5.91 Å². The Morgan fingerprint density at radius 3 is 2.94 bits per heavy atom. The largest absolute Gasteiger partial charge is 0.352 e. The van der Waals surface area contributed by atoms with Crippen molar-refractivity contribution in [2.45, 2.75) is 19.3 Å². The summed E-state index contributed by atoms with van der Waals surface area (Å²) < 4.78 is 0.833. The van der Waals surface area contributed by atoms with Crippen LogP contribution in [-0.4, -0.2) is 12.5 Å². The predicted molar refractivity (Wildman–Crippen MR) is 74.2 cm³/mol. The molecule has 0 radical (unpaired) electrons. The minimum atomic E-state index is -0.156. The number of carbonyl (C=O) groups excluding carboxylic acids is 1. The maximum Gasteiger partial charge on any atom is 0.252 e. The van der Waals surface area contributed by atoms with Gasteiger partial charge in [-0.3, -0.25) is 4.79 Å². The summed E-state index contributed by atoms with van der Waals surface area (Å²) in [6.45, 7) is 0.614. The van der Waals surface area contributed by atoms with Gasteiger partial charge in [-0.15, -0.1) is 12.3 Å². The molecule has 1 aromatic rings. The fraction of sp³-hybridized carbons (Fsp3) is 0.308. The highest BCUT2D eigenvalue weighted by Gasteiger charge is 2.09. The van der Waals surface area contributed by atoms with Crippen molar-refractivity contribution in [1.82, 2.24) is 5.32 Å². The van der Waals surface area contributed by atoms with Crippen LogP contribution in [0.15, 0.2) is 22.7 Å². The molecule has 1 N–H and O–H groups in total. The number of hydrogen-bond donors (Lipinski definition) is 1. The standard InChI is InChI=1S/C13H13BrClNO/c1-2-3-4-5-8-16-13(17)11-9-10(14)6-7-12(11)15/h1,6-7,9H,3-5,8H2,(H,16,17). The highest BCUT2D eigenvalue weighted by Crippen LogP contribution is 2.20. The number of amides is 1. The summed E-state index contributed by atoms with van der Waals surface area (Å²) in [5.74, 6) is 2.41. The summed E-state index contributed by atoms with van der Waals surface area (Å²) in [5, 5.41) is 3.27. The topological polar surface area (TPSA) is 29.1 Å². The first-order chi connectivity index (χ1) is 8.15. The summed E-state index contributed by atoms with van der Waals surface area (Å²) in [6.07, 6.45) is 7.68. The van der Waals surface area contributed by atoms with Crippen LogP contribution in [0.2, 0.25) is 5.02 Å². The molecule has 0 fully saturated rings. The molecule has 0 atom stereocenters. The number of terminal acetylenes is 1. The van der Waals surface area contributed by atoms with E-state index < -0.39 is 0 Å². The van der Waals surface area contributed by atoms with E-state index in [9.17, 15) is 4.79 Å². The quantitative estimate of drug-likeness (QED) is 0.652. The van der Waals surface area contributed by atoms with Crippen LogP contribution in [0, 0.1) is 12.3 Å². The molecule has 0 saturated heterocycles. The van der Waals surface area contributed by atoms with Gasteiger partial charge in [0.15, 0.2) is 0 Å². The fourth-order valence-electron chi connectivity index (χ4n) is 1.32. The maximum absolute atomic E-state index is 11.8. The molecule has 0 bridgehead atoms. The maximum atomic E-state index is 11.8. The van der Waals surface area contributed by atoms with Gasteiger partial charge in [0.2, 0.25) is 0 Å². The van der Waals surface area contributed by atoms with E-state index in [0.717, 1.165) is 23.7 Å². The lowest BCUT2D eigenvalue weighted by atomic mass is 10.2. The Morgan fingerprint density at radius 2 is 2.24 bits per heavy atom. The number of nitrogens with one attached hydrogen (secondary N) is 1. The molecule has 0 unspecified atom stereocenters. The summed E-state index contributed by atoms with van der Waals surface area (Å²) in [4.78, 5) is 11.8. The van der Waals surface area contributed by atoms with Gasteiger partial charge in [0.25, 0.3) is 5.91 Å². The SMILES string of the molecule is C#CCCCCNC(=O)c1cc(Br)ccc1Cl. The van der Waals surface area contributed by atoms with Crippen molar-refractivity contribution in [1.29, 1.82) is 0 Å². The van der Waals surface area contributed by atoms with Crippen molar-refractivity contribution in [2.24, 2.45) is 0 Å². The first-order valence-corrected chi connectivity index (χ1v) is 6.49. The van der Waals surface area contributed by atoms with Gasteiger partial charge >= 0.3 is 0 Å². The number of carbonyl (C=O) groups is 1. The van der Waals surface area contributed by atoms with Crippen molar-refractivity contribution >= 4 is 33.4 Å². The zero-order valence-electron chi connectivity index (χ0n) is 9.30. The molecule has 0 heterocycles. The molecular weight excluding hydrogens is 302 g/mol. The average Bonchev–Trinajstić information content (AvgIpc) is 2.32. The van der Waals surface area contributed by atoms with Crippen LogP contribution in [0.25, 0.3) is 0 Å². The Kier molecular flexibility index (Phi) is 6.10. The van der Waals surface area contributed by atoms with E-state index in [4.69, 9.17) is 18.0 Å². The molecule has 0 spiro atoms. The molecule has 1 rings (SSSR count). The first-order valence-electron chi connectivity index (χ1n) is 5.32. The summed E-state index contributed by atoms with van der Waals surface area (Å²) in [7, 11) is 0. The molecule has 1 amide bonds. The van der Waals surface area contributed by atoms with Crippen LogP contribution in [-0.2, 0) is 0 Å². The van der Waals surface area contributed by atoms with E-state index in [1.807, 2.05) is 0 Å². The van der Waals surface area contributed by atoms with Gasteiger partial charge in [0.05, 0.1) is 10.6 Å². The van der Waals surface area contributed by atoms with Gasteiger partial charge in [-0.25, -0.2) is 0 Å². The molecule has 0 aliphatic carbocycles. The van der Waals surface area contributed by atoms with Gasteiger partial charge < -0.3 is 5.32 Å². The lowest BCUT2D eigenvalue weighted by molar-refractivity contribution is 0.0953. The second kappa shape index (κ2) is 7.37. The van der Waals surface area contributed by atoms with Crippen LogP contribution in [0.4, 0.5) is 0 Å². The van der Waals surface area contributed by atoms with E-state index in [0.29, 0.717) is 17.1 Å². The lowest BCUT2D eigenvalue weighted by Gasteiger charge is -2.06. The van der Waals surface area contributed by atoms with Crippen LogP contribution >= 0.6 is 27.5 Å². The molecule has 0 aromatic heterocycles. The van der Waals surface area contributed by atoms with Gasteiger partial charge in [-0.2, -0.15) is 0 Å². The average molecular weight is 315 g/mol. The molecular formula is C13H13BrClNO. The Labute approximate surface area is 115 Å². The molecule has 1 aromatic carbocycles. The van der Waals surface area contributed by atoms with Crippen LogP contribution in [0.1, 0.15) is 29.6 Å². The molecule has 0 aliphatic heterocycles. The smallest absolute Gasteiger partial charge is 0.252 e. The molecule has 17 heavy (non-hydrogen) atoms. The van der Waals surface area contributed by atoms with Gasteiger partial charge in [-0.1, -0.05) is 27.5 Å². The number of unbranched alkanes of at least 4 members (excludes halogenated alkanes) is 2. The van der Waals surface area contributed by atoms with Crippen molar-refractivity contribution < 1.29 is 4.79 Å². The molecule has 0 saturated carbocycles. The summed E-state index contributed by atoms with van der Waals surface area (Å²) in [6, 6.07) is 5.20. The minimum Gasteiger partial charge on any atom is -0.352 e. The highest BCUT2D eigenvalue weighted by atomic mass is 79.9. The van der Waals surface area contributed by atoms with Gasteiger partial charge in [0.1, 0.15) is 0 Å². The predicted octanol–water partition coefficient (Wildman–Crippen LogP) is 3.64.